The third kappa shape index (κ3) is 5.39. The van der Waals surface area contributed by atoms with Crippen LogP contribution in [0.4, 0.5) is 5.69 Å². The van der Waals surface area contributed by atoms with E-state index in [1.807, 2.05) is 48.5 Å². The van der Waals surface area contributed by atoms with E-state index in [0.717, 1.165) is 60.4 Å². The van der Waals surface area contributed by atoms with Crippen molar-refractivity contribution >= 4 is 23.1 Å². The first-order chi connectivity index (χ1) is 16.8. The molecule has 1 aliphatic heterocycles. The standard InChI is InChI=1S/C27H27N5OS/c1-21-12-14-22(15-13-21)26(28-23-8-4-2-5-9-23)29-27-32(24-10-6-3-7-11-24)25(30-34-27)20-31-16-18-33-19-17-31/h2-15H,16-20H2,1H3. The Kier molecular flexibility index (Phi) is 7.05. The Morgan fingerprint density at radius 2 is 1.59 bits per heavy atom. The molecule has 0 spiro atoms. The lowest BCUT2D eigenvalue weighted by Gasteiger charge is -2.26. The Labute approximate surface area is 203 Å². The molecule has 7 heteroatoms. The zero-order valence-electron chi connectivity index (χ0n) is 19.2. The molecule has 4 aromatic rings. The second-order valence-electron chi connectivity index (χ2n) is 8.19. The van der Waals surface area contributed by atoms with Gasteiger partial charge >= 0.3 is 0 Å². The van der Waals surface area contributed by atoms with E-state index in [9.17, 15) is 0 Å². The van der Waals surface area contributed by atoms with Gasteiger partial charge < -0.3 is 4.74 Å². The predicted molar refractivity (Wildman–Crippen MR) is 137 cm³/mol. The molecule has 6 nitrogen and oxygen atoms in total. The van der Waals surface area contributed by atoms with Gasteiger partial charge in [-0.3, -0.25) is 9.47 Å². The average molecular weight is 470 g/mol. The number of benzene rings is 3. The van der Waals surface area contributed by atoms with Crippen LogP contribution in [0.2, 0.25) is 0 Å². The summed E-state index contributed by atoms with van der Waals surface area (Å²) in [5.41, 5.74) is 4.08. The number of amidine groups is 1. The second kappa shape index (κ2) is 10.7. The lowest BCUT2D eigenvalue weighted by atomic mass is 10.1. The van der Waals surface area contributed by atoms with Crippen molar-refractivity contribution in [2.24, 2.45) is 9.98 Å². The van der Waals surface area contributed by atoms with Gasteiger partial charge in [0, 0.05) is 35.9 Å². The molecular formula is C27H27N5OS. The average Bonchev–Trinajstić information content (AvgIpc) is 3.27. The van der Waals surface area contributed by atoms with Crippen molar-refractivity contribution in [2.75, 3.05) is 26.3 Å². The minimum absolute atomic E-state index is 0.664. The number of morpholine rings is 1. The molecule has 3 aromatic carbocycles. The zero-order chi connectivity index (χ0) is 23.2. The Morgan fingerprint density at radius 1 is 0.912 bits per heavy atom. The van der Waals surface area contributed by atoms with E-state index in [0.29, 0.717) is 5.84 Å². The molecule has 0 unspecified atom stereocenters. The van der Waals surface area contributed by atoms with Crippen LogP contribution >= 0.6 is 11.5 Å². The number of nitrogens with zero attached hydrogens (tertiary/aromatic N) is 5. The molecule has 0 N–H and O–H groups in total. The van der Waals surface area contributed by atoms with Crippen LogP contribution in [-0.4, -0.2) is 46.0 Å². The molecule has 1 aliphatic rings. The van der Waals surface area contributed by atoms with Crippen molar-refractivity contribution in [1.82, 2.24) is 13.8 Å². The number of hydrogen-bond donors (Lipinski definition) is 0. The van der Waals surface area contributed by atoms with Crippen LogP contribution in [0.3, 0.4) is 0 Å². The van der Waals surface area contributed by atoms with Crippen LogP contribution < -0.4 is 4.80 Å². The molecule has 172 valence electrons. The van der Waals surface area contributed by atoms with Crippen molar-refractivity contribution in [3.05, 3.63) is 107 Å². The van der Waals surface area contributed by atoms with Crippen molar-refractivity contribution < 1.29 is 4.74 Å². The van der Waals surface area contributed by atoms with E-state index in [2.05, 4.69) is 52.8 Å². The minimum Gasteiger partial charge on any atom is -0.379 e. The Balaban J connectivity index is 1.63. The molecule has 0 radical (unpaired) electrons. The fraction of sp³-hybridized carbons (Fsp3) is 0.222. The smallest absolute Gasteiger partial charge is 0.215 e. The fourth-order valence-corrected chi connectivity index (χ4v) is 4.57. The van der Waals surface area contributed by atoms with Crippen molar-refractivity contribution in [3.63, 3.8) is 0 Å². The monoisotopic (exact) mass is 469 g/mol. The molecule has 0 bridgehead atoms. The van der Waals surface area contributed by atoms with Crippen LogP contribution in [0.15, 0.2) is 94.9 Å². The summed E-state index contributed by atoms with van der Waals surface area (Å²) in [6, 6.07) is 28.6. The first-order valence-corrected chi connectivity index (χ1v) is 12.2. The summed E-state index contributed by atoms with van der Waals surface area (Å²) >= 11 is 1.40. The Hall–Kier alpha value is -3.39. The first kappa shape index (κ1) is 22.4. The molecule has 34 heavy (non-hydrogen) atoms. The number of para-hydroxylation sites is 2. The van der Waals surface area contributed by atoms with E-state index in [1.165, 1.54) is 17.1 Å². The number of aryl methyl sites for hydroxylation is 1. The molecule has 1 aromatic heterocycles. The summed E-state index contributed by atoms with van der Waals surface area (Å²) in [5.74, 6) is 1.64. The highest BCUT2D eigenvalue weighted by Gasteiger charge is 2.17. The summed E-state index contributed by atoms with van der Waals surface area (Å²) in [4.78, 5) is 13.1. The third-order valence-corrected chi connectivity index (χ3v) is 6.41. The first-order valence-electron chi connectivity index (χ1n) is 11.4. The topological polar surface area (TPSA) is 55.0 Å². The van der Waals surface area contributed by atoms with E-state index in [4.69, 9.17) is 19.1 Å². The summed E-state index contributed by atoms with van der Waals surface area (Å²) in [7, 11) is 0. The third-order valence-electron chi connectivity index (χ3n) is 5.67. The number of aliphatic imine (C=N–C) groups is 1. The molecule has 5 rings (SSSR count). The van der Waals surface area contributed by atoms with Gasteiger partial charge in [-0.2, -0.15) is 9.37 Å². The molecule has 0 saturated carbocycles. The zero-order valence-corrected chi connectivity index (χ0v) is 20.0. The SMILES string of the molecule is Cc1ccc(C(=Nc2ccccc2)N=c2snc(CN3CCOCC3)n2-c2ccccc2)cc1. The van der Waals surface area contributed by atoms with Crippen molar-refractivity contribution in [1.29, 1.82) is 0 Å². The summed E-state index contributed by atoms with van der Waals surface area (Å²) in [6.07, 6.45) is 0. The van der Waals surface area contributed by atoms with Gasteiger partial charge in [0.2, 0.25) is 4.80 Å². The van der Waals surface area contributed by atoms with E-state index >= 15 is 0 Å². The molecule has 1 saturated heterocycles. The number of aromatic nitrogens is 2. The summed E-state index contributed by atoms with van der Waals surface area (Å²) in [5, 5.41) is 0. The molecule has 2 heterocycles. The number of ether oxygens (including phenoxy) is 1. The van der Waals surface area contributed by atoms with E-state index < -0.39 is 0 Å². The summed E-state index contributed by atoms with van der Waals surface area (Å²) < 4.78 is 12.5. The van der Waals surface area contributed by atoms with Crippen molar-refractivity contribution in [3.8, 4) is 5.69 Å². The summed E-state index contributed by atoms with van der Waals surface area (Å²) in [6.45, 7) is 6.16. The lowest BCUT2D eigenvalue weighted by molar-refractivity contribution is 0.0329. The maximum atomic E-state index is 5.52. The fourth-order valence-electron chi connectivity index (χ4n) is 3.82. The van der Waals surface area contributed by atoms with Crippen molar-refractivity contribution in [2.45, 2.75) is 13.5 Å². The van der Waals surface area contributed by atoms with Gasteiger partial charge in [-0.15, -0.1) is 0 Å². The molecular weight excluding hydrogens is 442 g/mol. The Morgan fingerprint density at radius 3 is 2.29 bits per heavy atom. The van der Waals surface area contributed by atoms with Crippen LogP contribution in [0.1, 0.15) is 17.0 Å². The van der Waals surface area contributed by atoms with Crippen LogP contribution in [0.5, 0.6) is 0 Å². The second-order valence-corrected chi connectivity index (χ2v) is 8.92. The number of hydrogen-bond acceptors (Lipinski definition) is 5. The van der Waals surface area contributed by atoms with Gasteiger partial charge in [0.25, 0.3) is 0 Å². The predicted octanol–water partition coefficient (Wildman–Crippen LogP) is 4.75. The van der Waals surface area contributed by atoms with Gasteiger partial charge in [-0.05, 0) is 31.2 Å². The lowest BCUT2D eigenvalue weighted by Crippen LogP contribution is -2.36. The maximum Gasteiger partial charge on any atom is 0.215 e. The normalized spacial score (nSPS) is 15.6. The molecule has 0 amide bonds. The maximum absolute atomic E-state index is 5.52. The highest BCUT2D eigenvalue weighted by Crippen LogP contribution is 2.16. The van der Waals surface area contributed by atoms with Gasteiger partial charge in [-0.25, -0.2) is 4.99 Å². The van der Waals surface area contributed by atoms with Gasteiger partial charge in [0.1, 0.15) is 5.82 Å². The van der Waals surface area contributed by atoms with Crippen LogP contribution in [0.25, 0.3) is 5.69 Å². The largest absolute Gasteiger partial charge is 0.379 e. The van der Waals surface area contributed by atoms with Crippen LogP contribution in [-0.2, 0) is 11.3 Å². The molecule has 0 atom stereocenters. The van der Waals surface area contributed by atoms with Crippen LogP contribution in [0, 0.1) is 6.92 Å². The van der Waals surface area contributed by atoms with E-state index in [-0.39, 0.29) is 0 Å². The highest BCUT2D eigenvalue weighted by atomic mass is 32.1. The quantitative estimate of drug-likeness (QED) is 0.313. The highest BCUT2D eigenvalue weighted by molar-refractivity contribution is 7.02. The minimum atomic E-state index is 0.664. The molecule has 0 aliphatic carbocycles. The van der Waals surface area contributed by atoms with Gasteiger partial charge in [0.05, 0.1) is 25.4 Å². The Bertz CT molecular complexity index is 1300. The van der Waals surface area contributed by atoms with Gasteiger partial charge in [0.15, 0.2) is 5.84 Å². The molecule has 1 fully saturated rings. The van der Waals surface area contributed by atoms with E-state index in [1.54, 1.807) is 0 Å². The van der Waals surface area contributed by atoms with Gasteiger partial charge in [-0.1, -0.05) is 66.2 Å². The number of rotatable bonds is 5.